The second-order valence-electron chi connectivity index (χ2n) is 14.0. The molecule has 2 amide bonds. The number of hydrogen-bond donors (Lipinski definition) is 0. The normalized spacial score (nSPS) is 46.8. The fraction of sp³-hybridized carbons (Fsp3) is 0.933. The summed E-state index contributed by atoms with van der Waals surface area (Å²) in [4.78, 5) is 27.9. The first-order valence-corrected chi connectivity index (χ1v) is 15.0. The van der Waals surface area contributed by atoms with Gasteiger partial charge in [-0.25, -0.2) is 9.59 Å². The highest BCUT2D eigenvalue weighted by atomic mass is 16.6. The van der Waals surface area contributed by atoms with Gasteiger partial charge in [-0.3, -0.25) is 0 Å². The molecule has 10 atom stereocenters. The van der Waals surface area contributed by atoms with Gasteiger partial charge in [0.15, 0.2) is 0 Å². The zero-order valence-corrected chi connectivity index (χ0v) is 23.7. The second kappa shape index (κ2) is 9.02. The van der Waals surface area contributed by atoms with Crippen LogP contribution in [0.1, 0.15) is 72.1 Å². The molecule has 6 aliphatic rings. The SMILES string of the molecule is COC(=O)N1CCN(C(=O)OCC(C)[C@H]2CC[C@H]3[C@@H]4CC(OC)[C@@]56C[C@H]5CC[C@]6(C)[C@H]4CC[C@]23C)CC1. The predicted octanol–water partition coefficient (Wildman–Crippen LogP) is 5.43. The van der Waals surface area contributed by atoms with E-state index < -0.39 is 0 Å². The molecule has 0 aromatic heterocycles. The van der Waals surface area contributed by atoms with E-state index in [1.54, 1.807) is 9.80 Å². The number of methoxy groups -OCH3 is 2. The quantitative estimate of drug-likeness (QED) is 0.499. The molecule has 6 fully saturated rings. The van der Waals surface area contributed by atoms with Gasteiger partial charge in [0.1, 0.15) is 0 Å². The van der Waals surface area contributed by atoms with Crippen LogP contribution in [0.5, 0.6) is 0 Å². The van der Waals surface area contributed by atoms with Gasteiger partial charge in [-0.15, -0.1) is 0 Å². The van der Waals surface area contributed by atoms with Gasteiger partial charge in [-0.1, -0.05) is 20.8 Å². The Bertz CT molecular complexity index is 920. The number of fused-ring (bicyclic) bond motifs is 4. The van der Waals surface area contributed by atoms with Crippen LogP contribution in [0.15, 0.2) is 0 Å². The van der Waals surface area contributed by atoms with Crippen LogP contribution in [0, 0.1) is 51.8 Å². The van der Waals surface area contributed by atoms with Gasteiger partial charge in [0.05, 0.1) is 19.8 Å². The summed E-state index contributed by atoms with van der Waals surface area (Å²) in [6.07, 6.45) is 10.6. The lowest BCUT2D eigenvalue weighted by molar-refractivity contribution is -0.161. The van der Waals surface area contributed by atoms with Gasteiger partial charge in [0, 0.05) is 38.7 Å². The second-order valence-corrected chi connectivity index (χ2v) is 14.0. The van der Waals surface area contributed by atoms with Gasteiger partial charge in [-0.2, -0.15) is 0 Å². The molecule has 2 unspecified atom stereocenters. The molecule has 0 radical (unpaired) electrons. The van der Waals surface area contributed by atoms with E-state index in [2.05, 4.69) is 20.8 Å². The van der Waals surface area contributed by atoms with Crippen LogP contribution in [-0.4, -0.2) is 75.1 Å². The van der Waals surface area contributed by atoms with Crippen molar-refractivity contribution in [2.24, 2.45) is 51.8 Å². The van der Waals surface area contributed by atoms with E-state index in [1.165, 1.54) is 58.5 Å². The third-order valence-corrected chi connectivity index (χ3v) is 13.0. The molecule has 37 heavy (non-hydrogen) atoms. The maximum atomic E-state index is 12.8. The van der Waals surface area contributed by atoms with Crippen LogP contribution in [0.2, 0.25) is 0 Å². The minimum Gasteiger partial charge on any atom is -0.453 e. The summed E-state index contributed by atoms with van der Waals surface area (Å²) in [5.74, 6) is 4.29. The van der Waals surface area contributed by atoms with Crippen molar-refractivity contribution in [3.63, 3.8) is 0 Å². The number of carbonyl (C=O) groups excluding carboxylic acids is 2. The zero-order valence-electron chi connectivity index (χ0n) is 23.7. The molecule has 7 heteroatoms. The van der Waals surface area contributed by atoms with Crippen molar-refractivity contribution >= 4 is 12.2 Å². The van der Waals surface area contributed by atoms with Crippen molar-refractivity contribution in [3.05, 3.63) is 0 Å². The number of hydrogen-bond acceptors (Lipinski definition) is 5. The first-order valence-electron chi connectivity index (χ1n) is 15.0. The van der Waals surface area contributed by atoms with Crippen LogP contribution in [0.25, 0.3) is 0 Å². The van der Waals surface area contributed by atoms with Crippen LogP contribution < -0.4 is 0 Å². The van der Waals surface area contributed by atoms with Crippen molar-refractivity contribution in [2.45, 2.75) is 78.2 Å². The van der Waals surface area contributed by atoms with Gasteiger partial charge >= 0.3 is 12.2 Å². The number of nitrogens with zero attached hydrogens (tertiary/aromatic N) is 2. The number of ether oxygens (including phenoxy) is 3. The van der Waals surface area contributed by atoms with Crippen LogP contribution >= 0.6 is 0 Å². The van der Waals surface area contributed by atoms with Crippen LogP contribution in [0.4, 0.5) is 9.59 Å². The Balaban J connectivity index is 1.08. The van der Waals surface area contributed by atoms with Crippen molar-refractivity contribution in [1.82, 2.24) is 9.80 Å². The van der Waals surface area contributed by atoms with Crippen molar-refractivity contribution in [2.75, 3.05) is 47.0 Å². The Labute approximate surface area is 222 Å². The van der Waals surface area contributed by atoms with E-state index in [0.29, 0.717) is 67.0 Å². The fourth-order valence-corrected chi connectivity index (χ4v) is 11.2. The highest BCUT2D eigenvalue weighted by Crippen LogP contribution is 2.82. The molecule has 1 saturated heterocycles. The Kier molecular flexibility index (Phi) is 6.28. The molecule has 0 N–H and O–H groups in total. The first-order chi connectivity index (χ1) is 17.7. The van der Waals surface area contributed by atoms with Gasteiger partial charge in [0.2, 0.25) is 0 Å². The average Bonchev–Trinajstić information content (AvgIpc) is 3.42. The third-order valence-electron chi connectivity index (χ3n) is 13.0. The molecule has 6 rings (SSSR count). The number of rotatable bonds is 4. The largest absolute Gasteiger partial charge is 0.453 e. The Hall–Kier alpha value is -1.50. The predicted molar refractivity (Wildman–Crippen MR) is 140 cm³/mol. The van der Waals surface area contributed by atoms with E-state index in [9.17, 15) is 9.59 Å². The maximum Gasteiger partial charge on any atom is 0.409 e. The topological polar surface area (TPSA) is 68.3 Å². The number of piperazine rings is 1. The fourth-order valence-electron chi connectivity index (χ4n) is 11.2. The molecule has 0 bridgehead atoms. The standard InChI is InChI=1S/C30H48N2O5/c1-19(18-37-27(34)32-14-12-31(13-15-32)26(33)36-5)22-6-7-23-21-16-25(35-4)30-17-20(30)8-11-29(30,3)24(21)9-10-28(22,23)2/h19-25H,6-18H2,1-5H3/t19?,20-,21+,22-,23+,24+,25?,28-,29-,30-/m1/s1. The summed E-state index contributed by atoms with van der Waals surface area (Å²) >= 11 is 0. The molecule has 208 valence electrons. The monoisotopic (exact) mass is 516 g/mol. The lowest BCUT2D eigenvalue weighted by Crippen LogP contribution is -2.57. The Morgan fingerprint density at radius 2 is 1.62 bits per heavy atom. The van der Waals surface area contributed by atoms with Crippen molar-refractivity contribution in [1.29, 1.82) is 0 Å². The molecule has 1 spiro atoms. The van der Waals surface area contributed by atoms with Crippen molar-refractivity contribution < 1.29 is 23.8 Å². The molecule has 7 nitrogen and oxygen atoms in total. The summed E-state index contributed by atoms with van der Waals surface area (Å²) in [5, 5.41) is 0. The van der Waals surface area contributed by atoms with Crippen molar-refractivity contribution in [3.8, 4) is 0 Å². The molecule has 0 aromatic rings. The summed E-state index contributed by atoms with van der Waals surface area (Å²) < 4.78 is 16.9. The average molecular weight is 517 g/mol. The van der Waals surface area contributed by atoms with Gasteiger partial charge < -0.3 is 24.0 Å². The molecule has 1 heterocycles. The lowest BCUT2D eigenvalue weighted by atomic mass is 9.45. The Morgan fingerprint density at radius 3 is 2.27 bits per heavy atom. The van der Waals surface area contributed by atoms with Gasteiger partial charge in [0.25, 0.3) is 0 Å². The third kappa shape index (κ3) is 3.61. The summed E-state index contributed by atoms with van der Waals surface area (Å²) in [6, 6.07) is 0. The van der Waals surface area contributed by atoms with Crippen LogP contribution in [-0.2, 0) is 14.2 Å². The minimum absolute atomic E-state index is 0.242. The zero-order chi connectivity index (χ0) is 26.2. The van der Waals surface area contributed by atoms with E-state index in [-0.39, 0.29) is 12.2 Å². The molecular weight excluding hydrogens is 468 g/mol. The summed E-state index contributed by atoms with van der Waals surface area (Å²) in [6.45, 7) is 9.97. The molecule has 1 aliphatic heterocycles. The first kappa shape index (κ1) is 25.8. The van der Waals surface area contributed by atoms with E-state index >= 15 is 0 Å². The van der Waals surface area contributed by atoms with E-state index in [0.717, 1.165) is 23.7 Å². The van der Waals surface area contributed by atoms with E-state index in [1.807, 2.05) is 7.11 Å². The summed E-state index contributed by atoms with van der Waals surface area (Å²) in [7, 11) is 3.36. The number of amides is 2. The highest BCUT2D eigenvalue weighted by molar-refractivity contribution is 5.70. The minimum atomic E-state index is -0.329. The maximum absolute atomic E-state index is 12.8. The van der Waals surface area contributed by atoms with E-state index in [4.69, 9.17) is 14.2 Å². The molecule has 0 aromatic carbocycles. The highest BCUT2D eigenvalue weighted by Gasteiger charge is 2.77. The smallest absolute Gasteiger partial charge is 0.409 e. The lowest BCUT2D eigenvalue weighted by Gasteiger charge is -2.61. The van der Waals surface area contributed by atoms with Crippen LogP contribution in [0.3, 0.4) is 0 Å². The number of carbonyl (C=O) groups is 2. The Morgan fingerprint density at radius 1 is 0.919 bits per heavy atom. The molecule has 5 saturated carbocycles. The molecular formula is C30H48N2O5. The van der Waals surface area contributed by atoms with Gasteiger partial charge in [-0.05, 0) is 97.7 Å². The molecule has 5 aliphatic carbocycles. The summed E-state index contributed by atoms with van der Waals surface area (Å²) in [5.41, 5.74) is 1.29.